The van der Waals surface area contributed by atoms with E-state index in [2.05, 4.69) is 14.8 Å². The van der Waals surface area contributed by atoms with Crippen LogP contribution in [0.3, 0.4) is 0 Å². The number of aromatic nitrogens is 3. The van der Waals surface area contributed by atoms with Gasteiger partial charge in [0, 0.05) is 5.56 Å². The van der Waals surface area contributed by atoms with Crippen LogP contribution in [0.2, 0.25) is 0 Å². The molecule has 0 aliphatic heterocycles. The molecule has 0 unspecified atom stereocenters. The Bertz CT molecular complexity index is 793. The maximum atomic E-state index is 12.1. The first-order valence-electron chi connectivity index (χ1n) is 6.76. The Morgan fingerprint density at radius 2 is 1.61 bits per heavy atom. The van der Waals surface area contributed by atoms with Gasteiger partial charge in [-0.15, -0.1) is 18.3 Å². The summed E-state index contributed by atoms with van der Waals surface area (Å²) in [5.74, 6) is 0.265. The summed E-state index contributed by atoms with van der Waals surface area (Å²) >= 11 is 0. The molecule has 1 aromatic heterocycles. The lowest BCUT2D eigenvalue weighted by Crippen LogP contribution is -2.17. The Balaban J connectivity index is 1.81. The molecule has 23 heavy (non-hydrogen) atoms. The van der Waals surface area contributed by atoms with E-state index in [4.69, 9.17) is 0 Å². The van der Waals surface area contributed by atoms with E-state index in [9.17, 15) is 13.2 Å². The molecule has 3 rings (SSSR count). The average Bonchev–Trinajstić information content (AvgIpc) is 2.97. The fraction of sp³-hybridized carbons (Fsp3) is 0.125. The van der Waals surface area contributed by atoms with Crippen molar-refractivity contribution in [2.45, 2.75) is 13.3 Å². The molecule has 0 saturated carbocycles. The summed E-state index contributed by atoms with van der Waals surface area (Å²) in [7, 11) is 0. The number of aryl methyl sites for hydroxylation is 1. The maximum absolute atomic E-state index is 12.1. The first-order chi connectivity index (χ1) is 10.9. The van der Waals surface area contributed by atoms with Gasteiger partial charge in [0.2, 0.25) is 0 Å². The Morgan fingerprint density at radius 3 is 2.22 bits per heavy atom. The summed E-state index contributed by atoms with van der Waals surface area (Å²) in [6, 6.07) is 13.2. The molecular formula is C16H12F3N3O. The minimum absolute atomic E-state index is 0.278. The summed E-state index contributed by atoms with van der Waals surface area (Å²) in [5.41, 5.74) is 2.59. The van der Waals surface area contributed by atoms with Gasteiger partial charge in [-0.25, -0.2) is 9.67 Å². The monoisotopic (exact) mass is 319 g/mol. The van der Waals surface area contributed by atoms with E-state index in [0.717, 1.165) is 11.1 Å². The van der Waals surface area contributed by atoms with E-state index in [1.165, 1.54) is 35.3 Å². The lowest BCUT2D eigenvalue weighted by molar-refractivity contribution is -0.274. The van der Waals surface area contributed by atoms with Crippen molar-refractivity contribution in [1.29, 1.82) is 0 Å². The van der Waals surface area contributed by atoms with E-state index in [1.54, 1.807) is 0 Å². The first-order valence-corrected chi connectivity index (χ1v) is 6.76. The molecule has 2 aromatic carbocycles. The van der Waals surface area contributed by atoms with Gasteiger partial charge in [0.05, 0.1) is 5.69 Å². The maximum Gasteiger partial charge on any atom is 0.573 e. The zero-order valence-electron chi connectivity index (χ0n) is 12.1. The summed E-state index contributed by atoms with van der Waals surface area (Å²) < 4.78 is 41.7. The van der Waals surface area contributed by atoms with Gasteiger partial charge in [-0.2, -0.15) is 0 Å². The number of benzene rings is 2. The fourth-order valence-electron chi connectivity index (χ4n) is 2.02. The van der Waals surface area contributed by atoms with Crippen molar-refractivity contribution in [2.24, 2.45) is 0 Å². The second-order valence-corrected chi connectivity index (χ2v) is 4.92. The Hall–Kier alpha value is -2.83. The standard InChI is InChI=1S/C16H12F3N3O/c1-11-2-4-12(5-3-11)15-20-10-22(21-15)13-6-8-14(9-7-13)23-16(17,18)19/h2-10H,1H3. The zero-order valence-corrected chi connectivity index (χ0v) is 12.1. The van der Waals surface area contributed by atoms with E-state index < -0.39 is 6.36 Å². The van der Waals surface area contributed by atoms with Crippen LogP contribution in [-0.2, 0) is 0 Å². The molecule has 118 valence electrons. The Morgan fingerprint density at radius 1 is 0.957 bits per heavy atom. The molecule has 0 amide bonds. The van der Waals surface area contributed by atoms with Gasteiger partial charge in [0.25, 0.3) is 0 Å². The summed E-state index contributed by atoms with van der Waals surface area (Å²) in [6.07, 6.45) is -3.19. The highest BCUT2D eigenvalue weighted by molar-refractivity contribution is 5.55. The predicted molar refractivity (Wildman–Crippen MR) is 78.2 cm³/mol. The topological polar surface area (TPSA) is 39.9 Å². The van der Waals surface area contributed by atoms with Crippen molar-refractivity contribution in [1.82, 2.24) is 14.8 Å². The molecule has 0 saturated heterocycles. The number of rotatable bonds is 3. The van der Waals surface area contributed by atoms with Crippen LogP contribution >= 0.6 is 0 Å². The predicted octanol–water partition coefficient (Wildman–Crippen LogP) is 4.14. The summed E-state index contributed by atoms with van der Waals surface area (Å²) in [5, 5.41) is 4.33. The molecule has 0 spiro atoms. The van der Waals surface area contributed by atoms with Gasteiger partial charge in [-0.1, -0.05) is 29.8 Å². The Labute approximate surface area is 130 Å². The largest absolute Gasteiger partial charge is 0.573 e. The van der Waals surface area contributed by atoms with E-state index in [-0.39, 0.29) is 5.75 Å². The van der Waals surface area contributed by atoms with E-state index in [0.29, 0.717) is 11.5 Å². The van der Waals surface area contributed by atoms with Crippen molar-refractivity contribution in [3.05, 3.63) is 60.4 Å². The van der Waals surface area contributed by atoms with Crippen molar-refractivity contribution in [2.75, 3.05) is 0 Å². The number of alkyl halides is 3. The number of nitrogens with zero attached hydrogens (tertiary/aromatic N) is 3. The Kier molecular flexibility index (Phi) is 3.77. The molecule has 0 radical (unpaired) electrons. The third-order valence-electron chi connectivity index (χ3n) is 3.14. The summed E-state index contributed by atoms with van der Waals surface area (Å²) in [6.45, 7) is 1.99. The minimum Gasteiger partial charge on any atom is -0.406 e. The third-order valence-corrected chi connectivity index (χ3v) is 3.14. The molecule has 0 atom stereocenters. The molecule has 0 bridgehead atoms. The fourth-order valence-corrected chi connectivity index (χ4v) is 2.02. The van der Waals surface area contributed by atoms with Crippen LogP contribution in [0.5, 0.6) is 5.75 Å². The van der Waals surface area contributed by atoms with Gasteiger partial charge >= 0.3 is 6.36 Å². The molecule has 4 nitrogen and oxygen atoms in total. The molecular weight excluding hydrogens is 307 g/mol. The molecule has 3 aromatic rings. The number of ether oxygens (including phenoxy) is 1. The van der Waals surface area contributed by atoms with Crippen LogP contribution in [0, 0.1) is 6.92 Å². The molecule has 7 heteroatoms. The first kappa shape index (κ1) is 15.1. The van der Waals surface area contributed by atoms with Gasteiger partial charge < -0.3 is 4.74 Å². The van der Waals surface area contributed by atoms with Crippen LogP contribution in [0.1, 0.15) is 5.56 Å². The van der Waals surface area contributed by atoms with Crippen molar-refractivity contribution in [3.63, 3.8) is 0 Å². The second kappa shape index (κ2) is 5.75. The van der Waals surface area contributed by atoms with Gasteiger partial charge in [-0.3, -0.25) is 0 Å². The van der Waals surface area contributed by atoms with Crippen LogP contribution in [0.25, 0.3) is 17.1 Å². The van der Waals surface area contributed by atoms with E-state index in [1.807, 2.05) is 31.2 Å². The smallest absolute Gasteiger partial charge is 0.406 e. The van der Waals surface area contributed by atoms with Crippen molar-refractivity contribution in [3.8, 4) is 22.8 Å². The molecule has 0 aliphatic rings. The van der Waals surface area contributed by atoms with Crippen LogP contribution in [0.4, 0.5) is 13.2 Å². The number of hydrogen-bond acceptors (Lipinski definition) is 3. The molecule has 0 N–H and O–H groups in total. The lowest BCUT2D eigenvalue weighted by Gasteiger charge is -2.09. The van der Waals surface area contributed by atoms with E-state index >= 15 is 0 Å². The lowest BCUT2D eigenvalue weighted by atomic mass is 10.1. The normalized spacial score (nSPS) is 11.5. The highest BCUT2D eigenvalue weighted by Crippen LogP contribution is 2.24. The highest BCUT2D eigenvalue weighted by Gasteiger charge is 2.30. The van der Waals surface area contributed by atoms with Crippen molar-refractivity contribution < 1.29 is 17.9 Å². The van der Waals surface area contributed by atoms with Crippen molar-refractivity contribution >= 4 is 0 Å². The van der Waals surface area contributed by atoms with Crippen LogP contribution < -0.4 is 4.74 Å². The third kappa shape index (κ3) is 3.68. The number of halogens is 3. The minimum atomic E-state index is -4.70. The molecule has 1 heterocycles. The second-order valence-electron chi connectivity index (χ2n) is 4.92. The molecule has 0 aliphatic carbocycles. The number of hydrogen-bond donors (Lipinski definition) is 0. The van der Waals surface area contributed by atoms with Crippen LogP contribution in [0.15, 0.2) is 54.9 Å². The van der Waals surface area contributed by atoms with Gasteiger partial charge in [0.15, 0.2) is 5.82 Å². The highest BCUT2D eigenvalue weighted by atomic mass is 19.4. The summed E-state index contributed by atoms with van der Waals surface area (Å²) in [4.78, 5) is 4.21. The van der Waals surface area contributed by atoms with Gasteiger partial charge in [-0.05, 0) is 31.2 Å². The van der Waals surface area contributed by atoms with Crippen LogP contribution in [-0.4, -0.2) is 21.1 Å². The zero-order chi connectivity index (χ0) is 16.4. The quantitative estimate of drug-likeness (QED) is 0.728. The average molecular weight is 319 g/mol. The van der Waals surface area contributed by atoms with Gasteiger partial charge in [0.1, 0.15) is 12.1 Å². The SMILES string of the molecule is Cc1ccc(-c2ncn(-c3ccc(OC(F)(F)F)cc3)n2)cc1. The molecule has 0 fully saturated rings.